The van der Waals surface area contributed by atoms with E-state index in [2.05, 4.69) is 5.32 Å². The van der Waals surface area contributed by atoms with E-state index in [4.69, 9.17) is 5.73 Å². The van der Waals surface area contributed by atoms with Gasteiger partial charge < -0.3 is 16.2 Å². The van der Waals surface area contributed by atoms with Gasteiger partial charge in [-0.2, -0.15) is 0 Å². The molecule has 0 saturated heterocycles. The number of nitrogens with one attached hydrogen (secondary N) is 1. The number of carbonyl (C=O) groups is 1. The van der Waals surface area contributed by atoms with Gasteiger partial charge in [0, 0.05) is 6.54 Å². The largest absolute Gasteiger partial charge is 0.507 e. The Hall–Kier alpha value is -1.55. The van der Waals surface area contributed by atoms with Gasteiger partial charge in [0.15, 0.2) is 0 Å². The van der Waals surface area contributed by atoms with Crippen molar-refractivity contribution in [3.05, 3.63) is 28.8 Å². The molecule has 4 nitrogen and oxygen atoms in total. The lowest BCUT2D eigenvalue weighted by Gasteiger charge is -2.18. The zero-order valence-corrected chi connectivity index (χ0v) is 7.71. The molecule has 14 heavy (non-hydrogen) atoms. The van der Waals surface area contributed by atoms with Crippen molar-refractivity contribution in [2.75, 3.05) is 6.54 Å². The molecule has 1 amide bonds. The molecule has 0 atom stereocenters. The molecule has 0 aromatic heterocycles. The number of carbonyl (C=O) groups excluding carboxylic acids is 1. The number of aromatic hydroxyl groups is 1. The summed E-state index contributed by atoms with van der Waals surface area (Å²) < 4.78 is 0. The smallest absolute Gasteiger partial charge is 0.252 e. The fourth-order valence-corrected chi connectivity index (χ4v) is 1.72. The maximum absolute atomic E-state index is 11.0. The molecule has 4 N–H and O–H groups in total. The van der Waals surface area contributed by atoms with Crippen molar-refractivity contribution in [2.45, 2.75) is 13.0 Å². The molecular formula is C10H12N2O2. The van der Waals surface area contributed by atoms with Crippen molar-refractivity contribution in [1.29, 1.82) is 0 Å². The van der Waals surface area contributed by atoms with Crippen molar-refractivity contribution in [1.82, 2.24) is 5.32 Å². The van der Waals surface area contributed by atoms with Crippen LogP contribution in [0.25, 0.3) is 0 Å². The van der Waals surface area contributed by atoms with E-state index in [9.17, 15) is 9.90 Å². The Kier molecular flexibility index (Phi) is 2.13. The molecule has 1 aromatic rings. The van der Waals surface area contributed by atoms with Crippen LogP contribution < -0.4 is 11.1 Å². The summed E-state index contributed by atoms with van der Waals surface area (Å²) in [4.78, 5) is 11.0. The van der Waals surface area contributed by atoms with Crippen LogP contribution in [0.4, 0.5) is 0 Å². The number of hydrogen-bond acceptors (Lipinski definition) is 3. The van der Waals surface area contributed by atoms with Gasteiger partial charge >= 0.3 is 0 Å². The van der Waals surface area contributed by atoms with Crippen LogP contribution in [0.2, 0.25) is 0 Å². The number of phenols is 1. The SMILES string of the molecule is NC(=O)c1cc2c(cc1O)CNCC2. The third-order valence-corrected chi connectivity index (χ3v) is 2.47. The fraction of sp³-hybridized carbons (Fsp3) is 0.300. The summed E-state index contributed by atoms with van der Waals surface area (Å²) in [5, 5.41) is 12.7. The third-order valence-electron chi connectivity index (χ3n) is 2.47. The Bertz CT molecular complexity index is 388. The maximum atomic E-state index is 11.0. The number of benzene rings is 1. The summed E-state index contributed by atoms with van der Waals surface area (Å²) >= 11 is 0. The highest BCUT2D eigenvalue weighted by molar-refractivity contribution is 5.95. The molecule has 4 heteroatoms. The van der Waals surface area contributed by atoms with Crippen molar-refractivity contribution in [2.24, 2.45) is 5.73 Å². The molecule has 1 aliphatic heterocycles. The highest BCUT2D eigenvalue weighted by atomic mass is 16.3. The van der Waals surface area contributed by atoms with Crippen LogP contribution in [-0.2, 0) is 13.0 Å². The number of amides is 1. The Morgan fingerprint density at radius 3 is 2.93 bits per heavy atom. The summed E-state index contributed by atoms with van der Waals surface area (Å²) in [7, 11) is 0. The maximum Gasteiger partial charge on any atom is 0.252 e. The highest BCUT2D eigenvalue weighted by Crippen LogP contribution is 2.24. The van der Waals surface area contributed by atoms with Gasteiger partial charge in [-0.3, -0.25) is 4.79 Å². The van der Waals surface area contributed by atoms with Crippen molar-refractivity contribution in [3.8, 4) is 5.75 Å². The Morgan fingerprint density at radius 2 is 2.21 bits per heavy atom. The van der Waals surface area contributed by atoms with Gasteiger partial charge in [-0.05, 0) is 36.2 Å². The fourth-order valence-electron chi connectivity index (χ4n) is 1.72. The van der Waals surface area contributed by atoms with Crippen LogP contribution in [0.1, 0.15) is 21.5 Å². The molecule has 1 aliphatic rings. The zero-order valence-electron chi connectivity index (χ0n) is 7.71. The molecule has 0 unspecified atom stereocenters. The van der Waals surface area contributed by atoms with Crippen molar-refractivity contribution >= 4 is 5.91 Å². The molecule has 0 radical (unpaired) electrons. The first-order valence-electron chi connectivity index (χ1n) is 4.54. The lowest BCUT2D eigenvalue weighted by atomic mass is 9.97. The van der Waals surface area contributed by atoms with Gasteiger partial charge in [0.2, 0.25) is 0 Å². The second-order valence-electron chi connectivity index (χ2n) is 3.43. The lowest BCUT2D eigenvalue weighted by Crippen LogP contribution is -2.24. The van der Waals surface area contributed by atoms with E-state index < -0.39 is 5.91 Å². The molecular weight excluding hydrogens is 180 g/mol. The molecule has 0 bridgehead atoms. The number of fused-ring (bicyclic) bond motifs is 1. The summed E-state index contributed by atoms with van der Waals surface area (Å²) in [6.45, 7) is 1.64. The van der Waals surface area contributed by atoms with Crippen molar-refractivity contribution < 1.29 is 9.90 Å². The Balaban J connectivity index is 2.50. The second-order valence-corrected chi connectivity index (χ2v) is 3.43. The molecule has 0 fully saturated rings. The zero-order chi connectivity index (χ0) is 10.1. The molecule has 1 heterocycles. The highest BCUT2D eigenvalue weighted by Gasteiger charge is 2.14. The van der Waals surface area contributed by atoms with E-state index in [0.717, 1.165) is 30.6 Å². The summed E-state index contributed by atoms with van der Waals surface area (Å²) in [5.74, 6) is -0.608. The molecule has 0 saturated carbocycles. The number of hydrogen-bond donors (Lipinski definition) is 3. The molecule has 74 valence electrons. The molecule has 1 aromatic carbocycles. The van der Waals surface area contributed by atoms with E-state index in [-0.39, 0.29) is 11.3 Å². The average molecular weight is 192 g/mol. The number of nitrogens with two attached hydrogens (primary N) is 1. The van der Waals surface area contributed by atoms with Crippen molar-refractivity contribution in [3.63, 3.8) is 0 Å². The summed E-state index contributed by atoms with van der Waals surface area (Å²) in [6, 6.07) is 3.30. The molecule has 0 spiro atoms. The van der Waals surface area contributed by atoms with Gasteiger partial charge in [0.1, 0.15) is 5.75 Å². The Labute approximate surface area is 81.7 Å². The van der Waals surface area contributed by atoms with Crippen LogP contribution in [0, 0.1) is 0 Å². The quantitative estimate of drug-likeness (QED) is 0.592. The summed E-state index contributed by atoms with van der Waals surface area (Å²) in [5.41, 5.74) is 7.48. The monoisotopic (exact) mass is 192 g/mol. The third kappa shape index (κ3) is 1.44. The summed E-state index contributed by atoms with van der Waals surface area (Å²) in [6.07, 6.45) is 0.871. The predicted molar refractivity (Wildman–Crippen MR) is 52.0 cm³/mol. The topological polar surface area (TPSA) is 75.4 Å². The minimum atomic E-state index is -0.580. The minimum absolute atomic E-state index is 0.0278. The van der Waals surface area contributed by atoms with Gasteiger partial charge in [-0.25, -0.2) is 0 Å². The lowest BCUT2D eigenvalue weighted by molar-refractivity contribution is 0.0997. The predicted octanol–water partition coefficient (Wildman–Crippen LogP) is 0.137. The van der Waals surface area contributed by atoms with Gasteiger partial charge in [0.25, 0.3) is 5.91 Å². The second kappa shape index (κ2) is 3.31. The van der Waals surface area contributed by atoms with Gasteiger partial charge in [0.05, 0.1) is 5.56 Å². The minimum Gasteiger partial charge on any atom is -0.507 e. The van der Waals surface area contributed by atoms with Crippen LogP contribution >= 0.6 is 0 Å². The van der Waals surface area contributed by atoms with Crippen LogP contribution in [0.5, 0.6) is 5.75 Å². The van der Waals surface area contributed by atoms with E-state index in [1.165, 1.54) is 0 Å². The normalized spacial score (nSPS) is 14.9. The van der Waals surface area contributed by atoms with Crippen LogP contribution in [0.15, 0.2) is 12.1 Å². The first kappa shape index (κ1) is 9.02. The average Bonchev–Trinajstić information content (AvgIpc) is 2.16. The molecule has 0 aliphatic carbocycles. The van der Waals surface area contributed by atoms with E-state index in [1.807, 2.05) is 0 Å². The van der Waals surface area contributed by atoms with Gasteiger partial charge in [-0.1, -0.05) is 0 Å². The number of rotatable bonds is 1. The first-order valence-corrected chi connectivity index (χ1v) is 4.54. The first-order chi connectivity index (χ1) is 6.68. The van der Waals surface area contributed by atoms with E-state index >= 15 is 0 Å². The van der Waals surface area contributed by atoms with Gasteiger partial charge in [-0.15, -0.1) is 0 Å². The van der Waals surface area contributed by atoms with Crippen LogP contribution in [0.3, 0.4) is 0 Å². The standard InChI is InChI=1S/C10H12N2O2/c11-10(14)8-3-6-1-2-12-5-7(6)4-9(8)13/h3-4,12-13H,1-2,5H2,(H2,11,14). The van der Waals surface area contributed by atoms with E-state index in [0.29, 0.717) is 0 Å². The van der Waals surface area contributed by atoms with E-state index in [1.54, 1.807) is 12.1 Å². The number of primary amides is 1. The Morgan fingerprint density at radius 1 is 1.43 bits per heavy atom. The van der Waals surface area contributed by atoms with Crippen LogP contribution in [-0.4, -0.2) is 17.6 Å². The molecule has 2 rings (SSSR count).